The van der Waals surface area contributed by atoms with Crippen molar-refractivity contribution < 1.29 is 38.0 Å². The van der Waals surface area contributed by atoms with Crippen LogP contribution in [0.4, 0.5) is 0 Å². The SMILES string of the molecule is COC(=O)C1CCC[N+](C)(C)C1.[I-]. The fourth-order valence-corrected chi connectivity index (χ4v) is 1.90. The first-order valence-corrected chi connectivity index (χ1v) is 4.45. The summed E-state index contributed by atoms with van der Waals surface area (Å²) in [5.74, 6) is 0.0830. The Morgan fingerprint density at radius 1 is 1.46 bits per heavy atom. The Labute approximate surface area is 97.0 Å². The van der Waals surface area contributed by atoms with E-state index in [0.717, 1.165) is 23.9 Å². The predicted octanol–water partition coefficient (Wildman–Crippen LogP) is -2.35. The number of halogens is 1. The average molecular weight is 299 g/mol. The first-order chi connectivity index (χ1) is 5.55. The minimum atomic E-state index is -0.0408. The number of rotatable bonds is 1. The number of carbonyl (C=O) groups excluding carboxylic acids is 1. The standard InChI is InChI=1S/C9H18NO2.HI/c1-10(2)6-4-5-8(7-10)9(11)12-3;/h8H,4-7H2,1-3H3;1H/q+1;/p-1. The number of carbonyl (C=O) groups is 1. The first kappa shape index (κ1) is 13.2. The van der Waals surface area contributed by atoms with Gasteiger partial charge >= 0.3 is 5.97 Å². The molecular weight excluding hydrogens is 281 g/mol. The van der Waals surface area contributed by atoms with E-state index in [1.165, 1.54) is 13.7 Å². The summed E-state index contributed by atoms with van der Waals surface area (Å²) in [6.45, 7) is 2.10. The number of piperidine rings is 1. The Kier molecular flexibility index (Phi) is 5.21. The van der Waals surface area contributed by atoms with Crippen LogP contribution in [0.5, 0.6) is 0 Å². The molecule has 4 heteroatoms. The minimum Gasteiger partial charge on any atom is -1.00 e. The number of nitrogens with zero attached hydrogens (tertiary/aromatic N) is 1. The number of hydrogen-bond acceptors (Lipinski definition) is 2. The molecule has 0 aromatic heterocycles. The van der Waals surface area contributed by atoms with E-state index in [9.17, 15) is 4.79 Å². The summed E-state index contributed by atoms with van der Waals surface area (Å²) in [6.07, 6.45) is 2.13. The zero-order chi connectivity index (χ0) is 9.19. The molecule has 1 aliphatic heterocycles. The quantitative estimate of drug-likeness (QED) is 0.308. The van der Waals surface area contributed by atoms with E-state index in [4.69, 9.17) is 4.74 Å². The van der Waals surface area contributed by atoms with E-state index in [2.05, 4.69) is 14.1 Å². The highest BCUT2D eigenvalue weighted by atomic mass is 127. The van der Waals surface area contributed by atoms with E-state index >= 15 is 0 Å². The van der Waals surface area contributed by atoms with Crippen LogP contribution in [0.2, 0.25) is 0 Å². The maximum Gasteiger partial charge on any atom is 0.314 e. The number of esters is 1. The summed E-state index contributed by atoms with van der Waals surface area (Å²) >= 11 is 0. The average Bonchev–Trinajstić information content (AvgIpc) is 2.01. The Balaban J connectivity index is 0.00000144. The molecule has 1 saturated heterocycles. The number of ether oxygens (including phenoxy) is 1. The molecular formula is C9H18INO2. The fraction of sp³-hybridized carbons (Fsp3) is 0.889. The Morgan fingerprint density at radius 2 is 2.08 bits per heavy atom. The van der Waals surface area contributed by atoms with Gasteiger partial charge < -0.3 is 33.2 Å². The number of hydrogen-bond donors (Lipinski definition) is 0. The van der Waals surface area contributed by atoms with Gasteiger partial charge in [-0.25, -0.2) is 0 Å². The van der Waals surface area contributed by atoms with E-state index in [1.807, 2.05) is 0 Å². The van der Waals surface area contributed by atoms with Gasteiger partial charge in [0.15, 0.2) is 0 Å². The molecule has 0 amide bonds. The van der Waals surface area contributed by atoms with Crippen molar-refractivity contribution in [1.82, 2.24) is 0 Å². The van der Waals surface area contributed by atoms with Crippen molar-refractivity contribution in [2.75, 3.05) is 34.3 Å². The lowest BCUT2D eigenvalue weighted by atomic mass is 9.97. The molecule has 1 rings (SSSR count). The van der Waals surface area contributed by atoms with Crippen LogP contribution in [0, 0.1) is 5.92 Å². The van der Waals surface area contributed by atoms with Crippen molar-refractivity contribution in [3.8, 4) is 0 Å². The Bertz CT molecular complexity index is 182. The highest BCUT2D eigenvalue weighted by molar-refractivity contribution is 5.72. The third-order valence-electron chi connectivity index (χ3n) is 2.57. The van der Waals surface area contributed by atoms with Crippen molar-refractivity contribution in [2.24, 2.45) is 5.92 Å². The Morgan fingerprint density at radius 3 is 2.54 bits per heavy atom. The van der Waals surface area contributed by atoms with Gasteiger partial charge in [0.2, 0.25) is 0 Å². The number of quaternary nitrogens is 1. The molecule has 1 unspecified atom stereocenters. The van der Waals surface area contributed by atoms with Crippen LogP contribution in [-0.2, 0) is 9.53 Å². The van der Waals surface area contributed by atoms with E-state index in [0.29, 0.717) is 0 Å². The summed E-state index contributed by atoms with van der Waals surface area (Å²) in [6, 6.07) is 0. The minimum absolute atomic E-state index is 0. The summed E-state index contributed by atoms with van der Waals surface area (Å²) in [4.78, 5) is 11.2. The molecule has 0 spiro atoms. The van der Waals surface area contributed by atoms with E-state index in [1.54, 1.807) is 0 Å². The predicted molar refractivity (Wildman–Crippen MR) is 46.6 cm³/mol. The van der Waals surface area contributed by atoms with Crippen LogP contribution in [-0.4, -0.2) is 44.7 Å². The zero-order valence-electron chi connectivity index (χ0n) is 8.55. The molecule has 0 radical (unpaired) electrons. The van der Waals surface area contributed by atoms with Crippen LogP contribution in [0.15, 0.2) is 0 Å². The summed E-state index contributed by atoms with van der Waals surface area (Å²) in [5, 5.41) is 0. The summed E-state index contributed by atoms with van der Waals surface area (Å²) in [7, 11) is 5.79. The first-order valence-electron chi connectivity index (χ1n) is 4.45. The molecule has 3 nitrogen and oxygen atoms in total. The third kappa shape index (κ3) is 3.81. The van der Waals surface area contributed by atoms with Crippen LogP contribution >= 0.6 is 0 Å². The van der Waals surface area contributed by atoms with Gasteiger partial charge in [0.1, 0.15) is 5.92 Å². The van der Waals surface area contributed by atoms with Crippen LogP contribution < -0.4 is 24.0 Å². The van der Waals surface area contributed by atoms with Crippen molar-refractivity contribution in [3.05, 3.63) is 0 Å². The molecule has 0 bridgehead atoms. The largest absolute Gasteiger partial charge is 1.00 e. The molecule has 0 aromatic rings. The highest BCUT2D eigenvalue weighted by Crippen LogP contribution is 2.20. The van der Waals surface area contributed by atoms with E-state index in [-0.39, 0.29) is 35.9 Å². The monoisotopic (exact) mass is 299 g/mol. The Hall–Kier alpha value is 0.160. The van der Waals surface area contributed by atoms with Crippen molar-refractivity contribution in [3.63, 3.8) is 0 Å². The van der Waals surface area contributed by atoms with Gasteiger partial charge in [0.05, 0.1) is 34.3 Å². The molecule has 78 valence electrons. The smallest absolute Gasteiger partial charge is 0.314 e. The van der Waals surface area contributed by atoms with Crippen LogP contribution in [0.25, 0.3) is 0 Å². The lowest BCUT2D eigenvalue weighted by Crippen LogP contribution is -3.00. The van der Waals surface area contributed by atoms with Gasteiger partial charge in [-0.2, -0.15) is 0 Å². The molecule has 0 aromatic carbocycles. The van der Waals surface area contributed by atoms with Gasteiger partial charge in [-0.05, 0) is 12.8 Å². The van der Waals surface area contributed by atoms with Crippen molar-refractivity contribution in [2.45, 2.75) is 12.8 Å². The van der Waals surface area contributed by atoms with E-state index < -0.39 is 0 Å². The second kappa shape index (κ2) is 5.14. The molecule has 0 N–H and O–H groups in total. The lowest BCUT2D eigenvalue weighted by Gasteiger charge is -2.36. The number of likely N-dealkylation sites (tertiary alicyclic amines) is 1. The zero-order valence-corrected chi connectivity index (χ0v) is 10.7. The van der Waals surface area contributed by atoms with Crippen molar-refractivity contribution >= 4 is 5.97 Å². The maximum absolute atomic E-state index is 11.2. The summed E-state index contributed by atoms with van der Waals surface area (Å²) < 4.78 is 5.68. The van der Waals surface area contributed by atoms with Gasteiger partial charge in [0.25, 0.3) is 0 Å². The molecule has 1 atom stereocenters. The van der Waals surface area contributed by atoms with Crippen molar-refractivity contribution in [1.29, 1.82) is 0 Å². The lowest BCUT2D eigenvalue weighted by molar-refractivity contribution is -0.897. The topological polar surface area (TPSA) is 26.3 Å². The van der Waals surface area contributed by atoms with Crippen LogP contribution in [0.1, 0.15) is 12.8 Å². The molecule has 13 heavy (non-hydrogen) atoms. The second-order valence-electron chi connectivity index (χ2n) is 4.20. The highest BCUT2D eigenvalue weighted by Gasteiger charge is 2.32. The summed E-state index contributed by atoms with van der Waals surface area (Å²) in [5.41, 5.74) is 0. The maximum atomic E-state index is 11.2. The molecule has 1 aliphatic rings. The molecule has 1 heterocycles. The normalized spacial score (nSPS) is 25.9. The molecule has 0 saturated carbocycles. The van der Waals surface area contributed by atoms with Gasteiger partial charge in [-0.1, -0.05) is 0 Å². The molecule has 1 fully saturated rings. The van der Waals surface area contributed by atoms with Crippen LogP contribution in [0.3, 0.4) is 0 Å². The van der Waals surface area contributed by atoms with Gasteiger partial charge in [-0.3, -0.25) is 4.79 Å². The number of methoxy groups -OCH3 is 1. The molecule has 0 aliphatic carbocycles. The fourth-order valence-electron chi connectivity index (χ4n) is 1.90. The second-order valence-corrected chi connectivity index (χ2v) is 4.20. The third-order valence-corrected chi connectivity index (χ3v) is 2.57. The van der Waals surface area contributed by atoms with Gasteiger partial charge in [-0.15, -0.1) is 0 Å². The van der Waals surface area contributed by atoms with Gasteiger partial charge in [0, 0.05) is 0 Å².